The van der Waals surface area contributed by atoms with Crippen LogP contribution in [0.2, 0.25) is 0 Å². The van der Waals surface area contributed by atoms with Crippen LogP contribution in [0, 0.1) is 17.8 Å². The van der Waals surface area contributed by atoms with Crippen molar-refractivity contribution in [1.29, 1.82) is 0 Å². The van der Waals surface area contributed by atoms with Gasteiger partial charge in [0.05, 0.1) is 49.2 Å². The Bertz CT molecular complexity index is 1130. The van der Waals surface area contributed by atoms with E-state index >= 15 is 0 Å². The third-order valence-corrected chi connectivity index (χ3v) is 9.75. The van der Waals surface area contributed by atoms with Crippen LogP contribution in [0.5, 0.6) is 0 Å². The van der Waals surface area contributed by atoms with Gasteiger partial charge in [0, 0.05) is 33.9 Å². The minimum atomic E-state index is -0.565. The molecule has 4 amide bonds. The van der Waals surface area contributed by atoms with E-state index in [2.05, 4.69) is 16.0 Å². The first-order valence-corrected chi connectivity index (χ1v) is 17.2. The van der Waals surface area contributed by atoms with E-state index < -0.39 is 30.2 Å². The predicted molar refractivity (Wildman–Crippen MR) is 185 cm³/mol. The number of amides is 4. The van der Waals surface area contributed by atoms with Gasteiger partial charge in [-0.2, -0.15) is 0 Å². The standard InChI is InChI=1S/C36H61N5O6/c1-11-24(4)33(40(8)31(43)22-38-36(45)32(37-7)23(2)3)29(46-9)21-30(42)41-19-15-18-28(41)34(47-10)26(6)35(44)39-25(5)20-27-16-13-12-14-17-27/h12-14,16-17,23-26,28-29,32-34,37H,11,15,18-22H2,1-10H3,(H,38,45)(H,39,44). The molecule has 1 aliphatic rings. The maximum Gasteiger partial charge on any atom is 0.242 e. The van der Waals surface area contributed by atoms with Crippen LogP contribution in [-0.2, 0) is 35.1 Å². The molecule has 266 valence electrons. The Morgan fingerprint density at radius 2 is 1.66 bits per heavy atom. The minimum absolute atomic E-state index is 0.0285. The predicted octanol–water partition coefficient (Wildman–Crippen LogP) is 3.01. The van der Waals surface area contributed by atoms with Gasteiger partial charge in [-0.1, -0.05) is 71.4 Å². The number of rotatable bonds is 19. The van der Waals surface area contributed by atoms with E-state index in [4.69, 9.17) is 9.47 Å². The summed E-state index contributed by atoms with van der Waals surface area (Å²) >= 11 is 0. The molecule has 1 heterocycles. The molecule has 11 heteroatoms. The first-order chi connectivity index (χ1) is 22.3. The zero-order valence-electron chi connectivity index (χ0n) is 30.4. The van der Waals surface area contributed by atoms with E-state index in [1.807, 2.05) is 76.8 Å². The fourth-order valence-corrected chi connectivity index (χ4v) is 6.88. The molecule has 47 heavy (non-hydrogen) atoms. The van der Waals surface area contributed by atoms with Crippen LogP contribution in [0.4, 0.5) is 0 Å². The van der Waals surface area contributed by atoms with Gasteiger partial charge in [0.1, 0.15) is 0 Å². The van der Waals surface area contributed by atoms with Crippen molar-refractivity contribution in [3.8, 4) is 0 Å². The Hall–Kier alpha value is -3.02. The molecule has 0 bridgehead atoms. The normalized spacial score (nSPS) is 19.3. The quantitative estimate of drug-likeness (QED) is 0.208. The second-order valence-electron chi connectivity index (χ2n) is 13.5. The Balaban J connectivity index is 2.12. The van der Waals surface area contributed by atoms with Crippen molar-refractivity contribution in [1.82, 2.24) is 25.8 Å². The summed E-state index contributed by atoms with van der Waals surface area (Å²) < 4.78 is 11.8. The summed E-state index contributed by atoms with van der Waals surface area (Å²) in [6.45, 7) is 12.2. The molecule has 1 fully saturated rings. The SMILES string of the molecule is CCC(C)C(C(CC(=O)N1CCCC1C(OC)C(C)C(=O)NC(C)Cc1ccccc1)OC)N(C)C(=O)CNC(=O)C(NC)C(C)C. The van der Waals surface area contributed by atoms with Crippen molar-refractivity contribution in [3.63, 3.8) is 0 Å². The summed E-state index contributed by atoms with van der Waals surface area (Å²) in [5, 5.41) is 8.89. The number of hydrogen-bond acceptors (Lipinski definition) is 7. The first-order valence-electron chi connectivity index (χ1n) is 17.2. The molecule has 1 saturated heterocycles. The third-order valence-electron chi connectivity index (χ3n) is 9.75. The largest absolute Gasteiger partial charge is 0.379 e. The molecular weight excluding hydrogens is 598 g/mol. The second-order valence-corrected chi connectivity index (χ2v) is 13.5. The number of methoxy groups -OCH3 is 2. The van der Waals surface area contributed by atoms with E-state index in [1.54, 1.807) is 33.2 Å². The lowest BCUT2D eigenvalue weighted by atomic mass is 9.90. The van der Waals surface area contributed by atoms with Crippen LogP contribution in [-0.4, -0.2) is 111 Å². The highest BCUT2D eigenvalue weighted by Crippen LogP contribution is 2.29. The zero-order chi connectivity index (χ0) is 35.3. The Morgan fingerprint density at radius 3 is 2.21 bits per heavy atom. The van der Waals surface area contributed by atoms with Crippen molar-refractivity contribution in [3.05, 3.63) is 35.9 Å². The highest BCUT2D eigenvalue weighted by molar-refractivity contribution is 5.87. The molecule has 0 spiro atoms. The highest BCUT2D eigenvalue weighted by Gasteiger charge is 2.42. The molecule has 1 aromatic rings. The van der Waals surface area contributed by atoms with Crippen LogP contribution in [0.15, 0.2) is 30.3 Å². The number of carbonyl (C=O) groups excluding carboxylic acids is 4. The lowest BCUT2D eigenvalue weighted by Gasteiger charge is -2.39. The molecule has 8 atom stereocenters. The van der Waals surface area contributed by atoms with Gasteiger partial charge in [0.25, 0.3) is 0 Å². The number of likely N-dealkylation sites (N-methyl/N-ethyl adjacent to an activating group) is 2. The lowest BCUT2D eigenvalue weighted by Crippen LogP contribution is -2.55. The lowest BCUT2D eigenvalue weighted by molar-refractivity contribution is -0.145. The number of carbonyl (C=O) groups is 4. The third kappa shape index (κ3) is 11.3. The second kappa shape index (κ2) is 19.7. The van der Waals surface area contributed by atoms with Crippen LogP contribution in [0.3, 0.4) is 0 Å². The van der Waals surface area contributed by atoms with Crippen molar-refractivity contribution in [2.45, 2.75) is 110 Å². The van der Waals surface area contributed by atoms with Gasteiger partial charge >= 0.3 is 0 Å². The first kappa shape index (κ1) is 40.2. The van der Waals surface area contributed by atoms with Gasteiger partial charge in [0.2, 0.25) is 23.6 Å². The average Bonchev–Trinajstić information content (AvgIpc) is 3.53. The topological polar surface area (TPSA) is 129 Å². The van der Waals surface area contributed by atoms with Gasteiger partial charge in [-0.3, -0.25) is 19.2 Å². The summed E-state index contributed by atoms with van der Waals surface area (Å²) in [6, 6.07) is 8.93. The monoisotopic (exact) mass is 659 g/mol. The maximum absolute atomic E-state index is 13.9. The molecule has 0 aliphatic carbocycles. The Morgan fingerprint density at radius 1 is 1.00 bits per heavy atom. The summed E-state index contributed by atoms with van der Waals surface area (Å²) in [6.07, 6.45) is 2.07. The summed E-state index contributed by atoms with van der Waals surface area (Å²) in [5.74, 6) is -1.06. The molecule has 8 unspecified atom stereocenters. The molecule has 0 radical (unpaired) electrons. The fraction of sp³-hybridized carbons (Fsp3) is 0.722. The van der Waals surface area contributed by atoms with Crippen molar-refractivity contribution >= 4 is 23.6 Å². The molecule has 1 aromatic carbocycles. The molecule has 3 N–H and O–H groups in total. The number of hydrogen-bond donors (Lipinski definition) is 3. The van der Waals surface area contributed by atoms with Gasteiger partial charge in [-0.15, -0.1) is 0 Å². The van der Waals surface area contributed by atoms with Gasteiger partial charge in [0.15, 0.2) is 0 Å². The average molecular weight is 660 g/mol. The van der Waals surface area contributed by atoms with Crippen molar-refractivity contribution < 1.29 is 28.7 Å². The zero-order valence-corrected chi connectivity index (χ0v) is 30.4. The minimum Gasteiger partial charge on any atom is -0.379 e. The van der Waals surface area contributed by atoms with E-state index in [0.717, 1.165) is 31.2 Å². The van der Waals surface area contributed by atoms with E-state index in [1.165, 1.54) is 0 Å². The number of ether oxygens (including phenoxy) is 2. The van der Waals surface area contributed by atoms with E-state index in [-0.39, 0.29) is 60.5 Å². The van der Waals surface area contributed by atoms with E-state index in [9.17, 15) is 19.2 Å². The summed E-state index contributed by atoms with van der Waals surface area (Å²) in [4.78, 5) is 56.7. The molecule has 0 aromatic heterocycles. The molecule has 11 nitrogen and oxygen atoms in total. The van der Waals surface area contributed by atoms with Gasteiger partial charge in [-0.25, -0.2) is 0 Å². The number of likely N-dealkylation sites (tertiary alicyclic amines) is 1. The molecular formula is C36H61N5O6. The molecule has 1 aliphatic heterocycles. The number of benzene rings is 1. The van der Waals surface area contributed by atoms with Gasteiger partial charge in [-0.05, 0) is 50.6 Å². The maximum atomic E-state index is 13.9. The van der Waals surface area contributed by atoms with Crippen LogP contribution < -0.4 is 16.0 Å². The fourth-order valence-electron chi connectivity index (χ4n) is 6.88. The van der Waals surface area contributed by atoms with Gasteiger partial charge < -0.3 is 35.2 Å². The van der Waals surface area contributed by atoms with Crippen molar-refractivity contribution in [2.75, 3.05) is 41.4 Å². The van der Waals surface area contributed by atoms with Crippen molar-refractivity contribution in [2.24, 2.45) is 17.8 Å². The van der Waals surface area contributed by atoms with Crippen LogP contribution in [0.1, 0.15) is 72.8 Å². The van der Waals surface area contributed by atoms with Crippen LogP contribution >= 0.6 is 0 Å². The van der Waals surface area contributed by atoms with E-state index in [0.29, 0.717) is 6.54 Å². The highest BCUT2D eigenvalue weighted by atomic mass is 16.5. The molecule has 0 saturated carbocycles. The molecule has 2 rings (SSSR count). The number of nitrogens with zero attached hydrogens (tertiary/aromatic N) is 2. The van der Waals surface area contributed by atoms with Crippen LogP contribution in [0.25, 0.3) is 0 Å². The Kier molecular flexibility index (Phi) is 16.8. The Labute approximate surface area is 282 Å². The number of nitrogens with one attached hydrogen (secondary N) is 3. The summed E-state index contributed by atoms with van der Waals surface area (Å²) in [5.41, 5.74) is 1.15. The smallest absolute Gasteiger partial charge is 0.242 e. The summed E-state index contributed by atoms with van der Waals surface area (Å²) in [7, 11) is 6.59.